The molecule has 1 spiro atoms. The zero-order valence-corrected chi connectivity index (χ0v) is 16.7. The first-order valence-electron chi connectivity index (χ1n) is 9.93. The summed E-state index contributed by atoms with van der Waals surface area (Å²) in [7, 11) is 1.91. The van der Waals surface area contributed by atoms with Crippen molar-refractivity contribution in [3.8, 4) is 0 Å². The number of hydrogen-bond donors (Lipinski definition) is 2. The number of anilines is 2. The number of likely N-dealkylation sites (tertiary alicyclic amines) is 1. The summed E-state index contributed by atoms with van der Waals surface area (Å²) in [4.78, 5) is 29.1. The van der Waals surface area contributed by atoms with Crippen LogP contribution < -0.4 is 15.5 Å². The summed E-state index contributed by atoms with van der Waals surface area (Å²) in [6.45, 7) is 3.09. The van der Waals surface area contributed by atoms with Crippen LogP contribution in [0.5, 0.6) is 0 Å². The number of nitrogens with one attached hydrogen (secondary N) is 2. The van der Waals surface area contributed by atoms with Crippen molar-refractivity contribution < 1.29 is 14.0 Å². The van der Waals surface area contributed by atoms with Crippen molar-refractivity contribution >= 4 is 23.3 Å². The maximum atomic E-state index is 13.6. The van der Waals surface area contributed by atoms with Gasteiger partial charge in [-0.3, -0.25) is 4.79 Å². The van der Waals surface area contributed by atoms with Crippen molar-refractivity contribution in [2.45, 2.75) is 31.8 Å². The first-order valence-corrected chi connectivity index (χ1v) is 9.93. The van der Waals surface area contributed by atoms with Crippen molar-refractivity contribution in [3.05, 3.63) is 59.4 Å². The standard InChI is InChI=1S/C22H25FN4O2/c1-3-15-6-4-5-7-18(15)24-21(29)27-12-10-22(11-13-27)25-20(28)17-14-16(23)8-9-19(17)26(22)2/h4-9,14H,3,10-13H2,1-2H3,(H,24,29)(H,25,28). The van der Waals surface area contributed by atoms with Crippen molar-refractivity contribution in [2.75, 3.05) is 30.4 Å². The number of para-hydroxylation sites is 1. The van der Waals surface area contributed by atoms with E-state index in [0.29, 0.717) is 37.2 Å². The second-order valence-corrected chi connectivity index (χ2v) is 7.63. The van der Waals surface area contributed by atoms with Crippen LogP contribution in [-0.4, -0.2) is 42.6 Å². The number of amides is 3. The molecule has 29 heavy (non-hydrogen) atoms. The molecule has 0 bridgehead atoms. The summed E-state index contributed by atoms with van der Waals surface area (Å²) >= 11 is 0. The number of hydrogen-bond acceptors (Lipinski definition) is 3. The average Bonchev–Trinajstić information content (AvgIpc) is 2.73. The fourth-order valence-corrected chi connectivity index (χ4v) is 4.26. The Hall–Kier alpha value is -3.09. The summed E-state index contributed by atoms with van der Waals surface area (Å²) in [5, 5.41) is 6.06. The predicted molar refractivity (Wildman–Crippen MR) is 111 cm³/mol. The molecule has 152 valence electrons. The van der Waals surface area contributed by atoms with Crippen LogP contribution in [0.15, 0.2) is 42.5 Å². The molecule has 0 unspecified atom stereocenters. The molecule has 0 aliphatic carbocycles. The Balaban J connectivity index is 1.47. The molecule has 7 heteroatoms. The minimum Gasteiger partial charge on any atom is -0.351 e. The van der Waals surface area contributed by atoms with Gasteiger partial charge in [0.15, 0.2) is 0 Å². The van der Waals surface area contributed by atoms with Gasteiger partial charge in [0.25, 0.3) is 5.91 Å². The first kappa shape index (κ1) is 19.2. The molecular formula is C22H25FN4O2. The van der Waals surface area contributed by atoms with Gasteiger partial charge < -0.3 is 20.4 Å². The normalized spacial score (nSPS) is 17.7. The molecule has 2 N–H and O–H groups in total. The fraction of sp³-hybridized carbons (Fsp3) is 0.364. The maximum absolute atomic E-state index is 13.6. The van der Waals surface area contributed by atoms with Gasteiger partial charge >= 0.3 is 6.03 Å². The molecule has 1 fully saturated rings. The summed E-state index contributed by atoms with van der Waals surface area (Å²) in [5.41, 5.74) is 2.41. The highest BCUT2D eigenvalue weighted by Gasteiger charge is 2.45. The van der Waals surface area contributed by atoms with Gasteiger partial charge in [-0.2, -0.15) is 0 Å². The predicted octanol–water partition coefficient (Wildman–Crippen LogP) is 3.59. The van der Waals surface area contributed by atoms with Gasteiger partial charge in [-0.25, -0.2) is 9.18 Å². The number of rotatable bonds is 2. The lowest BCUT2D eigenvalue weighted by molar-refractivity contribution is 0.0814. The molecule has 0 radical (unpaired) electrons. The number of carbonyl (C=O) groups excluding carboxylic acids is 2. The van der Waals surface area contributed by atoms with Crippen molar-refractivity contribution in [1.29, 1.82) is 0 Å². The van der Waals surface area contributed by atoms with E-state index in [2.05, 4.69) is 17.6 Å². The molecule has 2 aromatic carbocycles. The second-order valence-electron chi connectivity index (χ2n) is 7.63. The van der Waals surface area contributed by atoms with Crippen LogP contribution in [0.4, 0.5) is 20.6 Å². The van der Waals surface area contributed by atoms with Crippen molar-refractivity contribution in [1.82, 2.24) is 10.2 Å². The molecule has 2 aliphatic heterocycles. The topological polar surface area (TPSA) is 64.7 Å². The molecule has 0 saturated carbocycles. The zero-order valence-electron chi connectivity index (χ0n) is 16.7. The first-order chi connectivity index (χ1) is 13.9. The van der Waals surface area contributed by atoms with E-state index in [0.717, 1.165) is 17.7 Å². The Morgan fingerprint density at radius 1 is 1.21 bits per heavy atom. The summed E-state index contributed by atoms with van der Waals surface area (Å²) in [6.07, 6.45) is 2.03. The van der Waals surface area contributed by atoms with Crippen LogP contribution >= 0.6 is 0 Å². The average molecular weight is 396 g/mol. The lowest BCUT2D eigenvalue weighted by Crippen LogP contribution is -2.67. The number of benzene rings is 2. The summed E-state index contributed by atoms with van der Waals surface area (Å²) in [6, 6.07) is 11.9. The molecule has 2 aromatic rings. The zero-order chi connectivity index (χ0) is 20.6. The molecule has 2 heterocycles. The Morgan fingerprint density at radius 2 is 1.93 bits per heavy atom. The molecule has 4 rings (SSSR count). The number of nitrogens with zero attached hydrogens (tertiary/aromatic N) is 2. The number of urea groups is 1. The third-order valence-electron chi connectivity index (χ3n) is 6.07. The van der Waals surface area contributed by atoms with Crippen molar-refractivity contribution in [3.63, 3.8) is 0 Å². The maximum Gasteiger partial charge on any atom is 0.321 e. The van der Waals surface area contributed by atoms with E-state index < -0.39 is 11.5 Å². The van der Waals surface area contributed by atoms with E-state index in [1.54, 1.807) is 11.0 Å². The van der Waals surface area contributed by atoms with Crippen LogP contribution in [0.2, 0.25) is 0 Å². The largest absolute Gasteiger partial charge is 0.351 e. The monoisotopic (exact) mass is 396 g/mol. The van der Waals surface area contributed by atoms with Gasteiger partial charge in [0.05, 0.1) is 11.3 Å². The second kappa shape index (κ2) is 7.39. The smallest absolute Gasteiger partial charge is 0.321 e. The lowest BCUT2D eigenvalue weighted by atomic mass is 9.90. The van der Waals surface area contributed by atoms with Crippen molar-refractivity contribution in [2.24, 2.45) is 0 Å². The van der Waals surface area contributed by atoms with E-state index in [1.165, 1.54) is 12.1 Å². The minimum absolute atomic E-state index is 0.131. The highest BCUT2D eigenvalue weighted by atomic mass is 19.1. The SMILES string of the molecule is CCc1ccccc1NC(=O)N1CCC2(CC1)NC(=O)c1cc(F)ccc1N2C. The Labute approximate surface area is 169 Å². The third-order valence-corrected chi connectivity index (χ3v) is 6.07. The van der Waals surface area contributed by atoms with Gasteiger partial charge in [0.1, 0.15) is 11.5 Å². The molecule has 1 saturated heterocycles. The minimum atomic E-state index is -0.569. The number of carbonyl (C=O) groups is 2. The van der Waals surface area contributed by atoms with E-state index in [-0.39, 0.29) is 11.9 Å². The van der Waals surface area contributed by atoms with Crippen LogP contribution in [0.25, 0.3) is 0 Å². The van der Waals surface area contributed by atoms with Gasteiger partial charge in [0.2, 0.25) is 0 Å². The third kappa shape index (κ3) is 3.41. The van der Waals surface area contributed by atoms with E-state index >= 15 is 0 Å². The van der Waals surface area contributed by atoms with Gasteiger partial charge in [-0.15, -0.1) is 0 Å². The quantitative estimate of drug-likeness (QED) is 0.815. The van der Waals surface area contributed by atoms with Gasteiger partial charge in [-0.05, 0) is 36.2 Å². The van der Waals surface area contributed by atoms with E-state index in [1.807, 2.05) is 36.2 Å². The molecule has 3 amide bonds. The number of fused-ring (bicyclic) bond motifs is 1. The van der Waals surface area contributed by atoms with Gasteiger partial charge in [0, 0.05) is 38.7 Å². The Bertz CT molecular complexity index is 954. The van der Waals surface area contributed by atoms with Crippen LogP contribution in [0, 0.1) is 5.82 Å². The number of aryl methyl sites for hydroxylation is 1. The highest BCUT2D eigenvalue weighted by Crippen LogP contribution is 2.36. The van der Waals surface area contributed by atoms with Crippen LogP contribution in [-0.2, 0) is 6.42 Å². The molecule has 6 nitrogen and oxygen atoms in total. The fourth-order valence-electron chi connectivity index (χ4n) is 4.26. The number of piperidine rings is 1. The van der Waals surface area contributed by atoms with Crippen LogP contribution in [0.1, 0.15) is 35.7 Å². The summed E-state index contributed by atoms with van der Waals surface area (Å²) < 4.78 is 13.6. The number of halogens is 1. The van der Waals surface area contributed by atoms with Gasteiger partial charge in [-0.1, -0.05) is 25.1 Å². The van der Waals surface area contributed by atoms with E-state index in [9.17, 15) is 14.0 Å². The molecular weight excluding hydrogens is 371 g/mol. The molecule has 2 aliphatic rings. The molecule has 0 aromatic heterocycles. The summed E-state index contributed by atoms with van der Waals surface area (Å²) in [5.74, 6) is -0.700. The highest BCUT2D eigenvalue weighted by molar-refractivity contribution is 6.02. The van der Waals surface area contributed by atoms with Crippen LogP contribution in [0.3, 0.4) is 0 Å². The Kier molecular flexibility index (Phi) is 4.90. The molecule has 0 atom stereocenters. The Morgan fingerprint density at radius 3 is 2.66 bits per heavy atom. The van der Waals surface area contributed by atoms with E-state index in [4.69, 9.17) is 0 Å². The lowest BCUT2D eigenvalue weighted by Gasteiger charge is -2.51.